The normalized spacial score (nSPS) is 49.5. The zero-order valence-electron chi connectivity index (χ0n) is 11.3. The minimum Gasteiger partial charge on any atom is -0.393 e. The first kappa shape index (κ1) is 11.7. The molecule has 0 saturated carbocycles. The van der Waals surface area contributed by atoms with Crippen molar-refractivity contribution in [1.82, 2.24) is 9.80 Å². The van der Waals surface area contributed by atoms with E-state index in [0.29, 0.717) is 6.04 Å². The quantitative estimate of drug-likeness (QED) is 0.702. The zero-order chi connectivity index (χ0) is 12.1. The maximum atomic E-state index is 9.94. The second-order valence-electron chi connectivity index (χ2n) is 7.05. The maximum absolute atomic E-state index is 9.94. The SMILES string of the molecule is O[C@H]1CCN2C[C@H]3C[C@H](CN4CCCC[C@H]34)[C@H]2C1. The molecule has 4 heterocycles. The summed E-state index contributed by atoms with van der Waals surface area (Å²) in [5, 5.41) is 9.94. The highest BCUT2D eigenvalue weighted by Crippen LogP contribution is 2.42. The van der Waals surface area contributed by atoms with Crippen molar-refractivity contribution in [3.63, 3.8) is 0 Å². The van der Waals surface area contributed by atoms with E-state index in [0.717, 1.165) is 37.3 Å². The summed E-state index contributed by atoms with van der Waals surface area (Å²) < 4.78 is 0. The molecule has 18 heavy (non-hydrogen) atoms. The van der Waals surface area contributed by atoms with E-state index in [1.165, 1.54) is 45.3 Å². The molecular weight excluding hydrogens is 224 g/mol. The molecular formula is C15H26N2O. The van der Waals surface area contributed by atoms with E-state index in [-0.39, 0.29) is 6.10 Å². The average Bonchev–Trinajstić information content (AvgIpc) is 2.40. The Morgan fingerprint density at radius 3 is 2.44 bits per heavy atom. The van der Waals surface area contributed by atoms with Crippen molar-refractivity contribution in [3.05, 3.63) is 0 Å². The molecule has 0 unspecified atom stereocenters. The highest BCUT2D eigenvalue weighted by Gasteiger charge is 2.47. The minimum atomic E-state index is -0.0260. The van der Waals surface area contributed by atoms with Crippen molar-refractivity contribution in [1.29, 1.82) is 0 Å². The summed E-state index contributed by atoms with van der Waals surface area (Å²) in [7, 11) is 0. The number of aliphatic hydroxyl groups is 1. The second-order valence-corrected chi connectivity index (χ2v) is 7.05. The fraction of sp³-hybridized carbons (Fsp3) is 1.00. The fourth-order valence-electron chi connectivity index (χ4n) is 5.22. The van der Waals surface area contributed by atoms with Crippen molar-refractivity contribution in [3.8, 4) is 0 Å². The average molecular weight is 250 g/mol. The van der Waals surface area contributed by atoms with Crippen LogP contribution in [0.3, 0.4) is 0 Å². The van der Waals surface area contributed by atoms with Crippen LogP contribution in [0.5, 0.6) is 0 Å². The number of nitrogens with zero attached hydrogens (tertiary/aromatic N) is 2. The highest BCUT2D eigenvalue weighted by molar-refractivity contribution is 5.01. The van der Waals surface area contributed by atoms with Crippen molar-refractivity contribution < 1.29 is 5.11 Å². The summed E-state index contributed by atoms with van der Waals surface area (Å²) in [6.45, 7) is 5.11. The smallest absolute Gasteiger partial charge is 0.0567 e. The highest BCUT2D eigenvalue weighted by atomic mass is 16.3. The summed E-state index contributed by atoms with van der Waals surface area (Å²) in [4.78, 5) is 5.51. The number of fused-ring (bicyclic) bond motifs is 6. The van der Waals surface area contributed by atoms with Crippen molar-refractivity contribution in [2.75, 3.05) is 26.2 Å². The van der Waals surface area contributed by atoms with Crippen LogP contribution in [-0.2, 0) is 0 Å². The summed E-state index contributed by atoms with van der Waals surface area (Å²) in [6, 6.07) is 1.58. The van der Waals surface area contributed by atoms with E-state index < -0.39 is 0 Å². The number of hydrogen-bond acceptors (Lipinski definition) is 3. The van der Waals surface area contributed by atoms with Gasteiger partial charge in [-0.2, -0.15) is 0 Å². The van der Waals surface area contributed by atoms with Gasteiger partial charge >= 0.3 is 0 Å². The first-order chi connectivity index (χ1) is 8.81. The molecule has 0 aromatic rings. The number of piperidine rings is 4. The molecule has 1 N–H and O–H groups in total. The molecule has 4 saturated heterocycles. The largest absolute Gasteiger partial charge is 0.393 e. The lowest BCUT2D eigenvalue weighted by molar-refractivity contribution is -0.0900. The second kappa shape index (κ2) is 4.46. The summed E-state index contributed by atoms with van der Waals surface area (Å²) >= 11 is 0. The van der Waals surface area contributed by atoms with E-state index in [4.69, 9.17) is 0 Å². The number of hydrogen-bond donors (Lipinski definition) is 1. The predicted molar refractivity (Wildman–Crippen MR) is 71.4 cm³/mol. The summed E-state index contributed by atoms with van der Waals surface area (Å²) in [5.74, 6) is 1.77. The van der Waals surface area contributed by atoms with Gasteiger partial charge in [0.1, 0.15) is 0 Å². The van der Waals surface area contributed by atoms with Crippen LogP contribution in [0.4, 0.5) is 0 Å². The van der Waals surface area contributed by atoms with E-state index in [1.54, 1.807) is 0 Å². The van der Waals surface area contributed by atoms with E-state index in [2.05, 4.69) is 9.80 Å². The molecule has 3 nitrogen and oxygen atoms in total. The molecule has 5 atom stereocenters. The Balaban J connectivity index is 1.55. The van der Waals surface area contributed by atoms with Crippen molar-refractivity contribution >= 4 is 0 Å². The van der Waals surface area contributed by atoms with Crippen LogP contribution in [0.1, 0.15) is 38.5 Å². The van der Waals surface area contributed by atoms with Crippen molar-refractivity contribution in [2.45, 2.75) is 56.7 Å². The van der Waals surface area contributed by atoms with Crippen molar-refractivity contribution in [2.24, 2.45) is 11.8 Å². The van der Waals surface area contributed by atoms with Gasteiger partial charge in [-0.25, -0.2) is 0 Å². The molecule has 102 valence electrons. The molecule has 0 aromatic heterocycles. The van der Waals surface area contributed by atoms with Gasteiger partial charge in [-0.05, 0) is 50.5 Å². The van der Waals surface area contributed by atoms with E-state index in [9.17, 15) is 5.11 Å². The predicted octanol–water partition coefficient (Wildman–Crippen LogP) is 1.32. The van der Waals surface area contributed by atoms with E-state index in [1.807, 2.05) is 0 Å². The first-order valence-corrected chi connectivity index (χ1v) is 7.97. The van der Waals surface area contributed by atoms with Crippen LogP contribution in [0, 0.1) is 11.8 Å². The third-order valence-electron chi connectivity index (χ3n) is 6.03. The molecule has 0 radical (unpaired) electrons. The summed E-state index contributed by atoms with van der Waals surface area (Å²) in [6.07, 6.45) is 7.76. The topological polar surface area (TPSA) is 26.7 Å². The van der Waals surface area contributed by atoms with Gasteiger partial charge in [0.2, 0.25) is 0 Å². The van der Waals surface area contributed by atoms with Crippen LogP contribution in [-0.4, -0.2) is 59.3 Å². The monoisotopic (exact) mass is 250 g/mol. The Morgan fingerprint density at radius 1 is 0.778 bits per heavy atom. The molecule has 0 aliphatic carbocycles. The van der Waals surface area contributed by atoms with Gasteiger partial charge in [0.05, 0.1) is 6.10 Å². The lowest BCUT2D eigenvalue weighted by Gasteiger charge is -2.57. The molecule has 4 rings (SSSR count). The van der Waals surface area contributed by atoms with Gasteiger partial charge in [-0.3, -0.25) is 9.80 Å². The lowest BCUT2D eigenvalue weighted by Crippen LogP contribution is -2.64. The Labute approximate surface area is 110 Å². The van der Waals surface area contributed by atoms with Gasteiger partial charge in [0.25, 0.3) is 0 Å². The Hall–Kier alpha value is -0.120. The maximum Gasteiger partial charge on any atom is 0.0567 e. The molecule has 4 aliphatic heterocycles. The molecule has 0 aromatic carbocycles. The third kappa shape index (κ3) is 1.83. The van der Waals surface area contributed by atoms with Crippen LogP contribution >= 0.6 is 0 Å². The standard InChI is InChI=1S/C15H26N2O/c18-13-4-6-17-9-11-7-12(15(17)8-13)10-16-5-2-1-3-14(11)16/h11-15,18H,1-10H2/t11-,12-,13+,14-,15-/m1/s1. The Morgan fingerprint density at radius 2 is 1.56 bits per heavy atom. The molecule has 3 heteroatoms. The third-order valence-corrected chi connectivity index (χ3v) is 6.03. The Kier molecular flexibility index (Phi) is 2.90. The first-order valence-electron chi connectivity index (χ1n) is 7.97. The van der Waals surface area contributed by atoms with E-state index >= 15 is 0 Å². The van der Waals surface area contributed by atoms with Gasteiger partial charge in [0, 0.05) is 31.7 Å². The van der Waals surface area contributed by atoms with Gasteiger partial charge < -0.3 is 5.11 Å². The van der Waals surface area contributed by atoms with Gasteiger partial charge in [-0.15, -0.1) is 0 Å². The number of rotatable bonds is 0. The fourth-order valence-corrected chi connectivity index (χ4v) is 5.22. The molecule has 4 fully saturated rings. The zero-order valence-corrected chi connectivity index (χ0v) is 11.3. The number of aliphatic hydroxyl groups excluding tert-OH is 1. The van der Waals surface area contributed by atoms with Gasteiger partial charge in [0.15, 0.2) is 0 Å². The minimum absolute atomic E-state index is 0.0260. The van der Waals surface area contributed by atoms with Crippen LogP contribution in [0.15, 0.2) is 0 Å². The molecule has 4 aliphatic rings. The summed E-state index contributed by atoms with van der Waals surface area (Å²) in [5.41, 5.74) is 0. The molecule has 0 amide bonds. The lowest BCUT2D eigenvalue weighted by atomic mass is 9.70. The molecule has 0 spiro atoms. The molecule has 2 bridgehead atoms. The van der Waals surface area contributed by atoms with Crippen LogP contribution in [0.25, 0.3) is 0 Å². The van der Waals surface area contributed by atoms with Crippen LogP contribution in [0.2, 0.25) is 0 Å². The van der Waals surface area contributed by atoms with Crippen LogP contribution < -0.4 is 0 Å². The Bertz CT molecular complexity index is 322. The van der Waals surface area contributed by atoms with Gasteiger partial charge in [-0.1, -0.05) is 6.42 Å².